The smallest absolute Gasteiger partial charge is 0.229 e. The van der Waals surface area contributed by atoms with Crippen LogP contribution in [0.25, 0.3) is 0 Å². The summed E-state index contributed by atoms with van der Waals surface area (Å²) >= 11 is 6.17. The maximum Gasteiger partial charge on any atom is 0.229 e. The summed E-state index contributed by atoms with van der Waals surface area (Å²) in [6.07, 6.45) is 0.143. The van der Waals surface area contributed by atoms with E-state index in [4.69, 9.17) is 21.1 Å². The van der Waals surface area contributed by atoms with E-state index in [1.54, 1.807) is 42.3 Å². The second-order valence-corrected chi connectivity index (χ2v) is 6.75. The van der Waals surface area contributed by atoms with Crippen LogP contribution in [0.2, 0.25) is 5.02 Å². The van der Waals surface area contributed by atoms with Crippen LogP contribution in [0, 0.1) is 12.8 Å². The molecule has 2 aromatic rings. The fraction of sp³-hybridized carbons (Fsp3) is 0.300. The van der Waals surface area contributed by atoms with Gasteiger partial charge in [-0.2, -0.15) is 0 Å². The average molecular weight is 389 g/mol. The third-order valence-electron chi connectivity index (χ3n) is 4.69. The molecule has 1 atom stereocenters. The van der Waals surface area contributed by atoms with Crippen LogP contribution < -0.4 is 19.7 Å². The van der Waals surface area contributed by atoms with Gasteiger partial charge < -0.3 is 19.7 Å². The summed E-state index contributed by atoms with van der Waals surface area (Å²) in [6.45, 7) is 2.16. The molecule has 1 heterocycles. The summed E-state index contributed by atoms with van der Waals surface area (Å²) < 4.78 is 10.5. The second-order valence-electron chi connectivity index (χ2n) is 6.34. The van der Waals surface area contributed by atoms with Crippen molar-refractivity contribution in [3.8, 4) is 11.5 Å². The van der Waals surface area contributed by atoms with Gasteiger partial charge in [-0.25, -0.2) is 0 Å². The topological polar surface area (TPSA) is 67.9 Å². The number of halogens is 1. The van der Waals surface area contributed by atoms with Gasteiger partial charge >= 0.3 is 0 Å². The van der Waals surface area contributed by atoms with Crippen molar-refractivity contribution in [1.82, 2.24) is 0 Å². The highest BCUT2D eigenvalue weighted by molar-refractivity contribution is 6.31. The van der Waals surface area contributed by atoms with Crippen LogP contribution in [-0.4, -0.2) is 32.6 Å². The van der Waals surface area contributed by atoms with E-state index in [1.807, 2.05) is 13.0 Å². The van der Waals surface area contributed by atoms with Crippen LogP contribution in [0.1, 0.15) is 12.0 Å². The first-order valence-electron chi connectivity index (χ1n) is 8.53. The van der Waals surface area contributed by atoms with Crippen LogP contribution in [0.3, 0.4) is 0 Å². The lowest BCUT2D eigenvalue weighted by molar-refractivity contribution is -0.122. The minimum Gasteiger partial charge on any atom is -0.497 e. The summed E-state index contributed by atoms with van der Waals surface area (Å²) in [5.41, 5.74) is 2.07. The zero-order chi connectivity index (χ0) is 19.6. The molecule has 0 spiro atoms. The number of hydrogen-bond acceptors (Lipinski definition) is 4. The maximum atomic E-state index is 12.7. The molecule has 142 valence electrons. The standard InChI is InChI=1S/C20H21ClN2O4/c1-12-15(21)5-4-6-17(12)23-11-13(9-19(23)24)20(25)22-16-10-14(26-2)7-8-18(16)27-3/h4-8,10,13H,9,11H2,1-3H3,(H,22,25). The van der Waals surface area contributed by atoms with Crippen molar-refractivity contribution in [3.05, 3.63) is 47.0 Å². The number of rotatable bonds is 5. The molecular weight excluding hydrogens is 368 g/mol. The Balaban J connectivity index is 1.78. The SMILES string of the molecule is COc1ccc(OC)c(NC(=O)C2CC(=O)N(c3cccc(Cl)c3C)C2)c1. The molecule has 0 bridgehead atoms. The van der Waals surface area contributed by atoms with Gasteiger partial charge in [0.05, 0.1) is 25.8 Å². The molecule has 0 radical (unpaired) electrons. The molecule has 1 aliphatic heterocycles. The van der Waals surface area contributed by atoms with Crippen molar-refractivity contribution < 1.29 is 19.1 Å². The van der Waals surface area contributed by atoms with Crippen LogP contribution in [0.15, 0.2) is 36.4 Å². The van der Waals surface area contributed by atoms with Crippen molar-refractivity contribution in [2.24, 2.45) is 5.92 Å². The van der Waals surface area contributed by atoms with Gasteiger partial charge in [0.2, 0.25) is 11.8 Å². The largest absolute Gasteiger partial charge is 0.497 e. The Morgan fingerprint density at radius 3 is 2.70 bits per heavy atom. The summed E-state index contributed by atoms with van der Waals surface area (Å²) in [6, 6.07) is 10.6. The molecule has 2 aromatic carbocycles. The number of carbonyl (C=O) groups is 2. The summed E-state index contributed by atoms with van der Waals surface area (Å²) in [7, 11) is 3.08. The maximum absolute atomic E-state index is 12.7. The summed E-state index contributed by atoms with van der Waals surface area (Å²) in [4.78, 5) is 26.9. The number of hydrogen-bond donors (Lipinski definition) is 1. The van der Waals surface area contributed by atoms with Crippen molar-refractivity contribution in [2.75, 3.05) is 31.0 Å². The fourth-order valence-electron chi connectivity index (χ4n) is 3.15. The van der Waals surface area contributed by atoms with Crippen LogP contribution in [0.5, 0.6) is 11.5 Å². The third-order valence-corrected chi connectivity index (χ3v) is 5.10. The summed E-state index contributed by atoms with van der Waals surface area (Å²) in [5, 5.41) is 3.44. The van der Waals surface area contributed by atoms with Crippen LogP contribution >= 0.6 is 11.6 Å². The highest BCUT2D eigenvalue weighted by atomic mass is 35.5. The fourth-order valence-corrected chi connectivity index (χ4v) is 3.32. The first kappa shape index (κ1) is 19.0. The highest BCUT2D eigenvalue weighted by Crippen LogP contribution is 2.33. The zero-order valence-electron chi connectivity index (χ0n) is 15.4. The minimum absolute atomic E-state index is 0.0990. The number of methoxy groups -OCH3 is 2. The Kier molecular flexibility index (Phi) is 5.56. The van der Waals surface area contributed by atoms with Gasteiger partial charge in [-0.05, 0) is 36.8 Å². The van der Waals surface area contributed by atoms with Crippen LogP contribution in [0.4, 0.5) is 11.4 Å². The lowest BCUT2D eigenvalue weighted by Crippen LogP contribution is -2.28. The number of nitrogens with one attached hydrogen (secondary N) is 1. The average Bonchev–Trinajstić information content (AvgIpc) is 3.05. The number of carbonyl (C=O) groups excluding carboxylic acids is 2. The van der Waals surface area contributed by atoms with E-state index in [0.717, 1.165) is 11.3 Å². The van der Waals surface area contributed by atoms with Gasteiger partial charge in [0.15, 0.2) is 0 Å². The van der Waals surface area contributed by atoms with Crippen LogP contribution in [-0.2, 0) is 9.59 Å². The second kappa shape index (κ2) is 7.88. The van der Waals surface area contributed by atoms with Gasteiger partial charge in [-0.1, -0.05) is 17.7 Å². The lowest BCUT2D eigenvalue weighted by Gasteiger charge is -2.20. The van der Waals surface area contributed by atoms with E-state index in [1.165, 1.54) is 7.11 Å². The Bertz CT molecular complexity index is 884. The van der Waals surface area contributed by atoms with Crippen molar-refractivity contribution >= 4 is 34.8 Å². The molecule has 1 aliphatic rings. The molecular formula is C20H21ClN2O4. The Morgan fingerprint density at radius 1 is 1.22 bits per heavy atom. The normalized spacial score (nSPS) is 16.4. The van der Waals surface area contributed by atoms with E-state index < -0.39 is 5.92 Å². The van der Waals surface area contributed by atoms with Crippen molar-refractivity contribution in [3.63, 3.8) is 0 Å². The molecule has 1 fully saturated rings. The molecule has 3 rings (SSSR count). The predicted octanol–water partition coefficient (Wildman–Crippen LogP) is 3.66. The predicted molar refractivity (Wildman–Crippen MR) is 105 cm³/mol. The first-order valence-corrected chi connectivity index (χ1v) is 8.90. The molecule has 1 saturated heterocycles. The summed E-state index contributed by atoms with van der Waals surface area (Å²) in [5.74, 6) is 0.322. The van der Waals surface area contributed by atoms with E-state index in [-0.39, 0.29) is 18.2 Å². The van der Waals surface area contributed by atoms with Gasteiger partial charge in [0.25, 0.3) is 0 Å². The number of ether oxygens (including phenoxy) is 2. The van der Waals surface area contributed by atoms with E-state index in [2.05, 4.69) is 5.32 Å². The van der Waals surface area contributed by atoms with E-state index in [0.29, 0.717) is 28.8 Å². The van der Waals surface area contributed by atoms with E-state index >= 15 is 0 Å². The van der Waals surface area contributed by atoms with Gasteiger partial charge in [0.1, 0.15) is 11.5 Å². The van der Waals surface area contributed by atoms with Crippen molar-refractivity contribution in [1.29, 1.82) is 0 Å². The number of anilines is 2. The van der Waals surface area contributed by atoms with Gasteiger partial charge in [-0.15, -0.1) is 0 Å². The number of nitrogens with zero attached hydrogens (tertiary/aromatic N) is 1. The molecule has 0 saturated carbocycles. The lowest BCUT2D eigenvalue weighted by atomic mass is 10.1. The highest BCUT2D eigenvalue weighted by Gasteiger charge is 2.36. The minimum atomic E-state index is -0.466. The Labute approximate surface area is 163 Å². The Morgan fingerprint density at radius 2 is 2.00 bits per heavy atom. The van der Waals surface area contributed by atoms with E-state index in [9.17, 15) is 9.59 Å². The molecule has 6 nitrogen and oxygen atoms in total. The molecule has 0 aliphatic carbocycles. The Hall–Kier alpha value is -2.73. The molecule has 1 unspecified atom stereocenters. The van der Waals surface area contributed by atoms with Crippen molar-refractivity contribution in [2.45, 2.75) is 13.3 Å². The van der Waals surface area contributed by atoms with Gasteiger partial charge in [-0.3, -0.25) is 9.59 Å². The first-order chi connectivity index (χ1) is 12.9. The quantitative estimate of drug-likeness (QED) is 0.848. The third kappa shape index (κ3) is 3.85. The zero-order valence-corrected chi connectivity index (χ0v) is 16.2. The monoisotopic (exact) mass is 388 g/mol. The molecule has 1 N–H and O–H groups in total. The van der Waals surface area contributed by atoms with Gasteiger partial charge in [0, 0.05) is 29.7 Å². The molecule has 0 aromatic heterocycles. The number of amides is 2. The molecule has 7 heteroatoms. The number of benzene rings is 2. The molecule has 2 amide bonds. The molecule has 27 heavy (non-hydrogen) atoms.